The summed E-state index contributed by atoms with van der Waals surface area (Å²) in [6, 6.07) is 7.84. The van der Waals surface area contributed by atoms with Crippen molar-refractivity contribution < 1.29 is 4.79 Å². The summed E-state index contributed by atoms with van der Waals surface area (Å²) in [6.45, 7) is 3.27. The standard InChI is InChI=1S/C15H22IN3O/c16-13-3-1-2-4-14(13)18-15(20)11-19-9-6-12(5-8-17)7-10-19/h1-4,12H,5-11,17H2,(H,18,20). The summed E-state index contributed by atoms with van der Waals surface area (Å²) >= 11 is 2.24. The summed E-state index contributed by atoms with van der Waals surface area (Å²) in [6.07, 6.45) is 3.43. The molecule has 0 spiro atoms. The lowest BCUT2D eigenvalue weighted by Gasteiger charge is -2.31. The molecule has 20 heavy (non-hydrogen) atoms. The van der Waals surface area contributed by atoms with Crippen molar-refractivity contribution in [3.05, 3.63) is 27.8 Å². The average molecular weight is 387 g/mol. The maximum Gasteiger partial charge on any atom is 0.238 e. The largest absolute Gasteiger partial charge is 0.330 e. The van der Waals surface area contributed by atoms with E-state index < -0.39 is 0 Å². The molecule has 0 aromatic heterocycles. The minimum absolute atomic E-state index is 0.0754. The average Bonchev–Trinajstić information content (AvgIpc) is 2.44. The topological polar surface area (TPSA) is 58.4 Å². The van der Waals surface area contributed by atoms with Crippen molar-refractivity contribution in [3.63, 3.8) is 0 Å². The lowest BCUT2D eigenvalue weighted by atomic mass is 9.94. The quantitative estimate of drug-likeness (QED) is 0.763. The second kappa shape index (κ2) is 7.95. The number of benzene rings is 1. The number of nitrogens with one attached hydrogen (secondary N) is 1. The van der Waals surface area contributed by atoms with E-state index in [4.69, 9.17) is 5.73 Å². The number of hydrogen-bond acceptors (Lipinski definition) is 3. The molecule has 2 rings (SSSR count). The first kappa shape index (κ1) is 15.7. The predicted molar refractivity (Wildman–Crippen MR) is 90.6 cm³/mol. The third-order valence-electron chi connectivity index (χ3n) is 3.80. The van der Waals surface area contributed by atoms with Crippen LogP contribution in [0.5, 0.6) is 0 Å². The Bertz CT molecular complexity index is 444. The molecular weight excluding hydrogens is 365 g/mol. The minimum Gasteiger partial charge on any atom is -0.330 e. The zero-order valence-corrected chi connectivity index (χ0v) is 13.8. The van der Waals surface area contributed by atoms with Crippen molar-refractivity contribution >= 4 is 34.2 Å². The Morgan fingerprint density at radius 2 is 2.05 bits per heavy atom. The second-order valence-corrected chi connectivity index (χ2v) is 6.49. The summed E-state index contributed by atoms with van der Waals surface area (Å²) < 4.78 is 1.07. The van der Waals surface area contributed by atoms with Crippen LogP contribution in [0.4, 0.5) is 5.69 Å². The number of anilines is 1. The van der Waals surface area contributed by atoms with Gasteiger partial charge in [-0.15, -0.1) is 0 Å². The SMILES string of the molecule is NCCC1CCN(CC(=O)Nc2ccccc2I)CC1. The van der Waals surface area contributed by atoms with Gasteiger partial charge in [0.15, 0.2) is 0 Å². The van der Waals surface area contributed by atoms with Crippen LogP contribution in [0.1, 0.15) is 19.3 Å². The maximum atomic E-state index is 12.1. The van der Waals surface area contributed by atoms with Crippen molar-refractivity contribution in [2.24, 2.45) is 11.7 Å². The molecule has 0 atom stereocenters. The minimum atomic E-state index is 0.0754. The number of nitrogens with two attached hydrogens (primary N) is 1. The van der Waals surface area contributed by atoms with Gasteiger partial charge in [-0.1, -0.05) is 12.1 Å². The third kappa shape index (κ3) is 4.71. The molecule has 0 bridgehead atoms. The number of hydrogen-bond donors (Lipinski definition) is 2. The van der Waals surface area contributed by atoms with E-state index in [0.717, 1.165) is 54.1 Å². The fourth-order valence-electron chi connectivity index (χ4n) is 2.62. The first-order valence-electron chi connectivity index (χ1n) is 7.16. The molecule has 0 aliphatic carbocycles. The molecule has 110 valence electrons. The van der Waals surface area contributed by atoms with E-state index in [2.05, 4.69) is 32.8 Å². The van der Waals surface area contributed by atoms with E-state index in [-0.39, 0.29) is 5.91 Å². The molecule has 1 saturated heterocycles. The summed E-state index contributed by atoms with van der Waals surface area (Å²) in [5.74, 6) is 0.820. The van der Waals surface area contributed by atoms with Crippen LogP contribution in [0.25, 0.3) is 0 Å². The van der Waals surface area contributed by atoms with Gasteiger partial charge < -0.3 is 11.1 Å². The van der Waals surface area contributed by atoms with Crippen molar-refractivity contribution in [2.75, 3.05) is 31.5 Å². The number of halogens is 1. The van der Waals surface area contributed by atoms with Crippen molar-refractivity contribution in [2.45, 2.75) is 19.3 Å². The number of amides is 1. The summed E-state index contributed by atoms with van der Waals surface area (Å²) in [4.78, 5) is 14.3. The van der Waals surface area contributed by atoms with Gasteiger partial charge in [-0.05, 0) is 79.5 Å². The van der Waals surface area contributed by atoms with Crippen LogP contribution < -0.4 is 11.1 Å². The van der Waals surface area contributed by atoms with Gasteiger partial charge in [0.25, 0.3) is 0 Å². The molecule has 1 fully saturated rings. The lowest BCUT2D eigenvalue weighted by molar-refractivity contribution is -0.117. The monoisotopic (exact) mass is 387 g/mol. The molecule has 1 aliphatic rings. The highest BCUT2D eigenvalue weighted by Crippen LogP contribution is 2.20. The number of nitrogens with zero attached hydrogens (tertiary/aromatic N) is 1. The molecule has 5 heteroatoms. The summed E-state index contributed by atoms with van der Waals surface area (Å²) in [5, 5.41) is 2.99. The Morgan fingerprint density at radius 1 is 1.35 bits per heavy atom. The van der Waals surface area contributed by atoms with E-state index in [9.17, 15) is 4.79 Å². The van der Waals surface area contributed by atoms with Crippen molar-refractivity contribution in [1.82, 2.24) is 4.90 Å². The Morgan fingerprint density at radius 3 is 2.70 bits per heavy atom. The van der Waals surface area contributed by atoms with E-state index in [1.807, 2.05) is 24.3 Å². The molecule has 1 heterocycles. The van der Waals surface area contributed by atoms with Crippen molar-refractivity contribution in [3.8, 4) is 0 Å². The van der Waals surface area contributed by atoms with Gasteiger partial charge in [-0.25, -0.2) is 0 Å². The smallest absolute Gasteiger partial charge is 0.238 e. The normalized spacial score (nSPS) is 17.1. The van der Waals surface area contributed by atoms with Crippen LogP contribution in [0.3, 0.4) is 0 Å². The fraction of sp³-hybridized carbons (Fsp3) is 0.533. The molecule has 0 unspecified atom stereocenters. The van der Waals surface area contributed by atoms with E-state index >= 15 is 0 Å². The summed E-state index contributed by atoms with van der Waals surface area (Å²) in [7, 11) is 0. The molecule has 3 N–H and O–H groups in total. The first-order valence-corrected chi connectivity index (χ1v) is 8.23. The van der Waals surface area contributed by atoms with Crippen LogP contribution in [-0.2, 0) is 4.79 Å². The number of carbonyl (C=O) groups excluding carboxylic acids is 1. The molecule has 0 saturated carbocycles. The lowest BCUT2D eigenvalue weighted by Crippen LogP contribution is -2.39. The zero-order chi connectivity index (χ0) is 14.4. The molecule has 0 radical (unpaired) electrons. The Kier molecular flexibility index (Phi) is 6.25. The van der Waals surface area contributed by atoms with Gasteiger partial charge in [0, 0.05) is 3.57 Å². The van der Waals surface area contributed by atoms with Gasteiger partial charge in [-0.2, -0.15) is 0 Å². The van der Waals surface area contributed by atoms with E-state index in [1.54, 1.807) is 0 Å². The number of para-hydroxylation sites is 1. The number of rotatable bonds is 5. The molecule has 1 aromatic carbocycles. The van der Waals surface area contributed by atoms with Gasteiger partial charge in [-0.3, -0.25) is 9.69 Å². The number of likely N-dealkylation sites (tertiary alicyclic amines) is 1. The number of piperidine rings is 1. The highest BCUT2D eigenvalue weighted by molar-refractivity contribution is 14.1. The molecule has 1 aromatic rings. The molecule has 4 nitrogen and oxygen atoms in total. The Hall–Kier alpha value is -0.660. The molecular formula is C15H22IN3O. The second-order valence-electron chi connectivity index (χ2n) is 5.32. The first-order chi connectivity index (χ1) is 9.69. The Labute approximate surface area is 134 Å². The van der Waals surface area contributed by atoms with Crippen LogP contribution >= 0.6 is 22.6 Å². The highest BCUT2D eigenvalue weighted by atomic mass is 127. The fourth-order valence-corrected chi connectivity index (χ4v) is 3.15. The zero-order valence-electron chi connectivity index (χ0n) is 11.6. The predicted octanol–water partition coefficient (Wildman–Crippen LogP) is 2.29. The van der Waals surface area contributed by atoms with Crippen molar-refractivity contribution in [1.29, 1.82) is 0 Å². The number of carbonyl (C=O) groups is 1. The third-order valence-corrected chi connectivity index (χ3v) is 4.74. The summed E-state index contributed by atoms with van der Waals surface area (Å²) in [5.41, 5.74) is 6.50. The Balaban J connectivity index is 1.77. The van der Waals surface area contributed by atoms with Gasteiger partial charge in [0.05, 0.1) is 12.2 Å². The van der Waals surface area contributed by atoms with Gasteiger partial charge in [0.2, 0.25) is 5.91 Å². The van der Waals surface area contributed by atoms with E-state index in [1.165, 1.54) is 0 Å². The van der Waals surface area contributed by atoms with E-state index in [0.29, 0.717) is 6.54 Å². The highest BCUT2D eigenvalue weighted by Gasteiger charge is 2.20. The molecule has 1 aliphatic heterocycles. The van der Waals surface area contributed by atoms with Gasteiger partial charge in [0.1, 0.15) is 0 Å². The maximum absolute atomic E-state index is 12.1. The van der Waals surface area contributed by atoms with Crippen LogP contribution in [-0.4, -0.2) is 37.0 Å². The van der Waals surface area contributed by atoms with Gasteiger partial charge >= 0.3 is 0 Å². The van der Waals surface area contributed by atoms with Crippen LogP contribution in [0.15, 0.2) is 24.3 Å². The van der Waals surface area contributed by atoms with Crippen LogP contribution in [0.2, 0.25) is 0 Å². The molecule has 1 amide bonds. The van der Waals surface area contributed by atoms with Crippen LogP contribution in [0, 0.1) is 9.49 Å².